The molecule has 1 rings (SSSR count). The molecule has 1 aromatic rings. The summed E-state index contributed by atoms with van der Waals surface area (Å²) in [4.78, 5) is 3.91. The van der Waals surface area contributed by atoms with E-state index < -0.39 is 6.29 Å². The standard InChI is InChI=1S/C5H9N3O2S/c1-9-4(10-2)3-6-5(11)8-7-3/h4H,1-2H3,(H2,6,7,8,11). The van der Waals surface area contributed by atoms with Crippen molar-refractivity contribution >= 4 is 12.2 Å². The zero-order chi connectivity index (χ0) is 8.27. The van der Waals surface area contributed by atoms with Gasteiger partial charge in [0.1, 0.15) is 0 Å². The highest BCUT2D eigenvalue weighted by Crippen LogP contribution is 2.10. The van der Waals surface area contributed by atoms with E-state index in [9.17, 15) is 0 Å². The number of H-pyrrole nitrogens is 2. The van der Waals surface area contributed by atoms with Crippen LogP contribution in [0.15, 0.2) is 0 Å². The molecule has 0 bridgehead atoms. The fourth-order valence-electron chi connectivity index (χ4n) is 0.714. The summed E-state index contributed by atoms with van der Waals surface area (Å²) in [6.07, 6.45) is -0.483. The average molecular weight is 175 g/mol. The van der Waals surface area contributed by atoms with E-state index in [1.807, 2.05) is 0 Å². The molecule has 0 saturated heterocycles. The molecular formula is C5H9N3O2S. The molecule has 2 N–H and O–H groups in total. The molecule has 1 aromatic heterocycles. The fraction of sp³-hybridized carbons (Fsp3) is 0.600. The van der Waals surface area contributed by atoms with Gasteiger partial charge in [-0.1, -0.05) is 0 Å². The number of aromatic amines is 2. The van der Waals surface area contributed by atoms with E-state index in [-0.39, 0.29) is 0 Å². The normalized spacial score (nSPS) is 10.8. The Labute approximate surface area is 68.7 Å². The summed E-state index contributed by atoms with van der Waals surface area (Å²) >= 11 is 4.74. The van der Waals surface area contributed by atoms with Gasteiger partial charge in [-0.3, -0.25) is 10.2 Å². The molecule has 0 aromatic carbocycles. The van der Waals surface area contributed by atoms with E-state index in [0.29, 0.717) is 10.6 Å². The largest absolute Gasteiger partial charge is 0.349 e. The maximum absolute atomic E-state index is 4.92. The van der Waals surface area contributed by atoms with Gasteiger partial charge in [0.15, 0.2) is 5.82 Å². The summed E-state index contributed by atoms with van der Waals surface area (Å²) in [6.45, 7) is 0. The molecule has 0 amide bonds. The van der Waals surface area contributed by atoms with Gasteiger partial charge >= 0.3 is 0 Å². The summed E-state index contributed by atoms with van der Waals surface area (Å²) in [7, 11) is 3.06. The van der Waals surface area contributed by atoms with Gasteiger partial charge in [0, 0.05) is 14.2 Å². The first-order valence-corrected chi connectivity index (χ1v) is 3.39. The van der Waals surface area contributed by atoms with Crippen LogP contribution in [0.5, 0.6) is 0 Å². The molecule has 0 aliphatic heterocycles. The third-order valence-corrected chi connectivity index (χ3v) is 1.36. The molecule has 0 saturated carbocycles. The summed E-state index contributed by atoms with van der Waals surface area (Å²) in [6, 6.07) is 0. The Morgan fingerprint density at radius 3 is 2.36 bits per heavy atom. The molecule has 0 unspecified atom stereocenters. The molecule has 0 radical (unpaired) electrons. The first-order chi connectivity index (χ1) is 5.27. The molecule has 5 nitrogen and oxygen atoms in total. The fourth-order valence-corrected chi connectivity index (χ4v) is 0.863. The number of hydrogen-bond acceptors (Lipinski definition) is 4. The average Bonchev–Trinajstić information content (AvgIpc) is 2.39. The lowest BCUT2D eigenvalue weighted by Gasteiger charge is -2.08. The Kier molecular flexibility index (Phi) is 2.75. The first-order valence-electron chi connectivity index (χ1n) is 2.98. The van der Waals surface area contributed by atoms with Crippen LogP contribution in [0.1, 0.15) is 12.1 Å². The van der Waals surface area contributed by atoms with Crippen molar-refractivity contribution in [1.29, 1.82) is 0 Å². The predicted molar refractivity (Wildman–Crippen MR) is 40.5 cm³/mol. The van der Waals surface area contributed by atoms with Crippen molar-refractivity contribution in [2.75, 3.05) is 14.2 Å². The van der Waals surface area contributed by atoms with E-state index in [4.69, 9.17) is 21.7 Å². The van der Waals surface area contributed by atoms with Crippen LogP contribution in [0.25, 0.3) is 0 Å². The van der Waals surface area contributed by atoms with E-state index in [1.54, 1.807) is 0 Å². The number of ether oxygens (including phenoxy) is 2. The minimum Gasteiger partial charge on any atom is -0.349 e. The summed E-state index contributed by atoms with van der Waals surface area (Å²) in [5, 5.41) is 5.35. The third-order valence-electron chi connectivity index (χ3n) is 1.17. The lowest BCUT2D eigenvalue weighted by atomic mass is 10.6. The van der Waals surface area contributed by atoms with Crippen LogP contribution in [-0.2, 0) is 9.47 Å². The molecule has 1 heterocycles. The summed E-state index contributed by atoms with van der Waals surface area (Å²) in [5.41, 5.74) is 0. The van der Waals surface area contributed by atoms with Gasteiger partial charge < -0.3 is 9.47 Å². The lowest BCUT2D eigenvalue weighted by molar-refractivity contribution is -0.111. The summed E-state index contributed by atoms with van der Waals surface area (Å²) in [5.74, 6) is 0.542. The molecule has 0 spiro atoms. The Morgan fingerprint density at radius 2 is 2.00 bits per heavy atom. The van der Waals surface area contributed by atoms with Gasteiger partial charge in [0.05, 0.1) is 0 Å². The molecule has 0 aliphatic carbocycles. The molecule has 62 valence electrons. The van der Waals surface area contributed by atoms with Crippen molar-refractivity contribution < 1.29 is 9.47 Å². The monoisotopic (exact) mass is 175 g/mol. The third kappa shape index (κ3) is 1.86. The van der Waals surface area contributed by atoms with Crippen molar-refractivity contribution in [1.82, 2.24) is 15.2 Å². The molecular weight excluding hydrogens is 166 g/mol. The van der Waals surface area contributed by atoms with Crippen LogP contribution >= 0.6 is 12.2 Å². The van der Waals surface area contributed by atoms with Gasteiger partial charge in [-0.25, -0.2) is 0 Å². The van der Waals surface area contributed by atoms with Gasteiger partial charge in [0.2, 0.25) is 11.1 Å². The second-order valence-corrected chi connectivity index (χ2v) is 2.24. The second kappa shape index (κ2) is 3.61. The van der Waals surface area contributed by atoms with Crippen LogP contribution in [0.2, 0.25) is 0 Å². The molecule has 6 heteroatoms. The van der Waals surface area contributed by atoms with E-state index in [1.165, 1.54) is 14.2 Å². The highest BCUT2D eigenvalue weighted by Gasteiger charge is 2.10. The smallest absolute Gasteiger partial charge is 0.218 e. The molecule has 11 heavy (non-hydrogen) atoms. The van der Waals surface area contributed by atoms with Crippen LogP contribution < -0.4 is 0 Å². The highest BCUT2D eigenvalue weighted by molar-refractivity contribution is 7.71. The number of nitrogens with one attached hydrogen (secondary N) is 2. The maximum atomic E-state index is 4.92. The van der Waals surface area contributed by atoms with Crippen molar-refractivity contribution in [3.8, 4) is 0 Å². The van der Waals surface area contributed by atoms with Crippen molar-refractivity contribution in [2.45, 2.75) is 6.29 Å². The Hall–Kier alpha value is -0.720. The molecule has 0 atom stereocenters. The highest BCUT2D eigenvalue weighted by atomic mass is 32.1. The Morgan fingerprint density at radius 1 is 1.36 bits per heavy atom. The predicted octanol–water partition coefficient (Wildman–Crippen LogP) is 0.759. The Balaban J connectivity index is 2.81. The quantitative estimate of drug-likeness (QED) is 0.526. The Bertz CT molecular complexity index is 265. The second-order valence-electron chi connectivity index (χ2n) is 1.86. The molecule has 0 fully saturated rings. The maximum Gasteiger partial charge on any atom is 0.218 e. The first kappa shape index (κ1) is 8.38. The van der Waals surface area contributed by atoms with E-state index >= 15 is 0 Å². The van der Waals surface area contributed by atoms with Crippen molar-refractivity contribution in [3.63, 3.8) is 0 Å². The van der Waals surface area contributed by atoms with Crippen LogP contribution in [-0.4, -0.2) is 29.4 Å². The summed E-state index contributed by atoms with van der Waals surface area (Å²) < 4.78 is 10.2. The van der Waals surface area contributed by atoms with Crippen LogP contribution in [0.4, 0.5) is 0 Å². The number of hydrogen-bond donors (Lipinski definition) is 2. The minimum absolute atomic E-state index is 0.388. The SMILES string of the molecule is COC(OC)c1nc(=S)[nH][nH]1. The van der Waals surface area contributed by atoms with Crippen LogP contribution in [0.3, 0.4) is 0 Å². The van der Waals surface area contributed by atoms with Gasteiger partial charge in [-0.05, 0) is 12.2 Å². The zero-order valence-electron chi connectivity index (χ0n) is 6.25. The van der Waals surface area contributed by atoms with E-state index in [2.05, 4.69) is 15.2 Å². The number of rotatable bonds is 3. The van der Waals surface area contributed by atoms with Crippen molar-refractivity contribution in [3.05, 3.63) is 10.6 Å². The topological polar surface area (TPSA) is 62.9 Å². The minimum atomic E-state index is -0.483. The molecule has 0 aliphatic rings. The zero-order valence-corrected chi connectivity index (χ0v) is 7.07. The van der Waals surface area contributed by atoms with Crippen LogP contribution in [0, 0.1) is 4.77 Å². The van der Waals surface area contributed by atoms with Gasteiger partial charge in [-0.15, -0.1) is 0 Å². The number of aromatic nitrogens is 3. The lowest BCUT2D eigenvalue weighted by Crippen LogP contribution is -2.05. The number of methoxy groups -OCH3 is 2. The van der Waals surface area contributed by atoms with E-state index in [0.717, 1.165) is 0 Å². The van der Waals surface area contributed by atoms with Gasteiger partial charge in [-0.2, -0.15) is 4.98 Å². The van der Waals surface area contributed by atoms with Crippen molar-refractivity contribution in [2.24, 2.45) is 0 Å². The number of nitrogens with zero attached hydrogens (tertiary/aromatic N) is 1. The van der Waals surface area contributed by atoms with Gasteiger partial charge in [0.25, 0.3) is 0 Å².